The van der Waals surface area contributed by atoms with Gasteiger partial charge in [0.15, 0.2) is 5.78 Å². The van der Waals surface area contributed by atoms with Gasteiger partial charge in [0.1, 0.15) is 0 Å². The van der Waals surface area contributed by atoms with E-state index in [0.29, 0.717) is 6.04 Å². The van der Waals surface area contributed by atoms with Crippen molar-refractivity contribution in [1.29, 1.82) is 0 Å². The van der Waals surface area contributed by atoms with Crippen molar-refractivity contribution in [3.05, 3.63) is 23.0 Å². The number of hydrogen-bond acceptors (Lipinski definition) is 2. The first-order valence-corrected chi connectivity index (χ1v) is 4.90. The van der Waals surface area contributed by atoms with Crippen molar-refractivity contribution in [3.63, 3.8) is 0 Å². The summed E-state index contributed by atoms with van der Waals surface area (Å²) in [4.78, 5) is 11.5. The van der Waals surface area contributed by atoms with Gasteiger partial charge in [0.25, 0.3) is 0 Å². The molecule has 0 unspecified atom stereocenters. The molecule has 0 fully saturated rings. The summed E-state index contributed by atoms with van der Waals surface area (Å²) in [6.45, 7) is 8.28. The molecule has 3 nitrogen and oxygen atoms in total. The fraction of sp³-hybridized carbons (Fsp3) is 0.545. The van der Waals surface area contributed by atoms with Crippen LogP contribution in [0.5, 0.6) is 0 Å². The van der Waals surface area contributed by atoms with Crippen molar-refractivity contribution < 1.29 is 4.79 Å². The Morgan fingerprint density at radius 2 is 2.07 bits per heavy atom. The summed E-state index contributed by atoms with van der Waals surface area (Å²) in [5, 5.41) is 0. The monoisotopic (exact) mass is 194 g/mol. The van der Waals surface area contributed by atoms with E-state index in [0.717, 1.165) is 17.0 Å². The molecule has 1 heterocycles. The number of nitrogens with zero attached hydrogens (tertiary/aromatic N) is 1. The summed E-state index contributed by atoms with van der Waals surface area (Å²) in [7, 11) is 0. The first kappa shape index (κ1) is 11.0. The smallest absolute Gasteiger partial charge is 0.178 e. The van der Waals surface area contributed by atoms with Crippen LogP contribution in [0.25, 0.3) is 0 Å². The van der Waals surface area contributed by atoms with Crippen LogP contribution in [0.2, 0.25) is 0 Å². The Kier molecular flexibility index (Phi) is 3.11. The standard InChI is InChI=1S/C11H18N2O/c1-7(2)13-8(3)5-10(9(13)4)11(14)6-12/h5,7H,6,12H2,1-4H3. The van der Waals surface area contributed by atoms with Crippen molar-refractivity contribution in [2.75, 3.05) is 6.54 Å². The van der Waals surface area contributed by atoms with Crippen LogP contribution >= 0.6 is 0 Å². The highest BCUT2D eigenvalue weighted by Crippen LogP contribution is 2.20. The molecule has 0 saturated carbocycles. The maximum absolute atomic E-state index is 11.5. The molecule has 0 aliphatic carbocycles. The van der Waals surface area contributed by atoms with Gasteiger partial charge in [-0.05, 0) is 33.8 Å². The van der Waals surface area contributed by atoms with Gasteiger partial charge in [-0.25, -0.2) is 0 Å². The lowest BCUT2D eigenvalue weighted by Gasteiger charge is -2.13. The Hall–Kier alpha value is -1.09. The average molecular weight is 194 g/mol. The first-order chi connectivity index (χ1) is 6.49. The second-order valence-corrected chi connectivity index (χ2v) is 3.88. The normalized spacial score (nSPS) is 11.0. The molecule has 0 spiro atoms. The van der Waals surface area contributed by atoms with Gasteiger partial charge < -0.3 is 10.3 Å². The van der Waals surface area contributed by atoms with Gasteiger partial charge in [-0.2, -0.15) is 0 Å². The Labute approximate surface area is 84.9 Å². The van der Waals surface area contributed by atoms with E-state index in [-0.39, 0.29) is 12.3 Å². The largest absolute Gasteiger partial charge is 0.346 e. The summed E-state index contributed by atoms with van der Waals surface area (Å²) >= 11 is 0. The van der Waals surface area contributed by atoms with Crippen LogP contribution in [-0.2, 0) is 0 Å². The minimum atomic E-state index is 0.0185. The molecule has 1 aromatic heterocycles. The van der Waals surface area contributed by atoms with E-state index in [1.54, 1.807) is 0 Å². The Morgan fingerprint density at radius 3 is 2.43 bits per heavy atom. The van der Waals surface area contributed by atoms with Crippen molar-refractivity contribution in [3.8, 4) is 0 Å². The summed E-state index contributed by atoms with van der Waals surface area (Å²) in [6.07, 6.45) is 0. The number of carbonyl (C=O) groups is 1. The zero-order valence-electron chi connectivity index (χ0n) is 9.29. The molecule has 3 heteroatoms. The first-order valence-electron chi connectivity index (χ1n) is 4.90. The lowest BCUT2D eigenvalue weighted by atomic mass is 10.1. The van der Waals surface area contributed by atoms with Crippen LogP contribution in [0.4, 0.5) is 0 Å². The van der Waals surface area contributed by atoms with Gasteiger partial charge in [-0.15, -0.1) is 0 Å². The molecular weight excluding hydrogens is 176 g/mol. The highest BCUT2D eigenvalue weighted by Gasteiger charge is 2.15. The van der Waals surface area contributed by atoms with Crippen LogP contribution in [0.3, 0.4) is 0 Å². The van der Waals surface area contributed by atoms with Gasteiger partial charge in [-0.3, -0.25) is 4.79 Å². The van der Waals surface area contributed by atoms with E-state index in [2.05, 4.69) is 18.4 Å². The third kappa shape index (κ3) is 1.73. The summed E-state index contributed by atoms with van der Waals surface area (Å²) in [5.41, 5.74) is 8.25. The van der Waals surface area contributed by atoms with Crippen LogP contribution in [0.15, 0.2) is 6.07 Å². The van der Waals surface area contributed by atoms with E-state index in [1.165, 1.54) is 0 Å². The topological polar surface area (TPSA) is 48.0 Å². The molecule has 0 bridgehead atoms. The zero-order chi connectivity index (χ0) is 10.9. The molecule has 0 aromatic carbocycles. The fourth-order valence-corrected chi connectivity index (χ4v) is 1.96. The van der Waals surface area contributed by atoms with Crippen molar-refractivity contribution in [1.82, 2.24) is 4.57 Å². The van der Waals surface area contributed by atoms with E-state index in [9.17, 15) is 4.79 Å². The third-order valence-corrected chi connectivity index (χ3v) is 2.49. The van der Waals surface area contributed by atoms with Gasteiger partial charge >= 0.3 is 0 Å². The van der Waals surface area contributed by atoms with Crippen LogP contribution < -0.4 is 5.73 Å². The van der Waals surface area contributed by atoms with E-state index >= 15 is 0 Å². The summed E-state index contributed by atoms with van der Waals surface area (Å²) in [6, 6.07) is 2.30. The number of ketones is 1. The van der Waals surface area contributed by atoms with Crippen molar-refractivity contribution in [2.24, 2.45) is 5.73 Å². The minimum Gasteiger partial charge on any atom is -0.346 e. The number of carbonyl (C=O) groups excluding carboxylic acids is 1. The highest BCUT2D eigenvalue weighted by atomic mass is 16.1. The van der Waals surface area contributed by atoms with Crippen LogP contribution in [0.1, 0.15) is 41.6 Å². The molecule has 14 heavy (non-hydrogen) atoms. The Bertz CT molecular complexity index is 350. The average Bonchev–Trinajstić information content (AvgIpc) is 2.40. The molecule has 1 aromatic rings. The van der Waals surface area contributed by atoms with Gasteiger partial charge in [-0.1, -0.05) is 0 Å². The highest BCUT2D eigenvalue weighted by molar-refractivity contribution is 5.98. The number of aryl methyl sites for hydroxylation is 1. The molecule has 0 saturated heterocycles. The molecule has 78 valence electrons. The number of nitrogens with two attached hydrogens (primary N) is 1. The van der Waals surface area contributed by atoms with E-state index < -0.39 is 0 Å². The summed E-state index contributed by atoms with van der Waals surface area (Å²) in [5.74, 6) is 0.0185. The molecule has 2 N–H and O–H groups in total. The zero-order valence-corrected chi connectivity index (χ0v) is 9.29. The molecule has 0 radical (unpaired) electrons. The number of rotatable bonds is 3. The molecule has 0 amide bonds. The molecular formula is C11H18N2O. The van der Waals surface area contributed by atoms with Crippen molar-refractivity contribution in [2.45, 2.75) is 33.7 Å². The second kappa shape index (κ2) is 3.96. The van der Waals surface area contributed by atoms with Crippen molar-refractivity contribution >= 4 is 5.78 Å². The third-order valence-electron chi connectivity index (χ3n) is 2.49. The number of hydrogen-bond donors (Lipinski definition) is 1. The van der Waals surface area contributed by atoms with Crippen LogP contribution in [0, 0.1) is 13.8 Å². The number of Topliss-reactive ketones (excluding diaryl/α,β-unsaturated/α-hetero) is 1. The van der Waals surface area contributed by atoms with Gasteiger partial charge in [0.05, 0.1) is 6.54 Å². The summed E-state index contributed by atoms with van der Waals surface area (Å²) < 4.78 is 2.16. The van der Waals surface area contributed by atoms with Crippen LogP contribution in [-0.4, -0.2) is 16.9 Å². The minimum absolute atomic E-state index is 0.0185. The van der Waals surface area contributed by atoms with Gasteiger partial charge in [0, 0.05) is 23.0 Å². The van der Waals surface area contributed by atoms with E-state index in [4.69, 9.17) is 5.73 Å². The predicted octanol–water partition coefficient (Wildman–Crippen LogP) is 1.83. The fourth-order valence-electron chi connectivity index (χ4n) is 1.96. The second-order valence-electron chi connectivity index (χ2n) is 3.88. The quantitative estimate of drug-likeness (QED) is 0.746. The maximum Gasteiger partial charge on any atom is 0.178 e. The Morgan fingerprint density at radius 1 is 1.50 bits per heavy atom. The lowest BCUT2D eigenvalue weighted by molar-refractivity contribution is 0.100. The predicted molar refractivity (Wildman–Crippen MR) is 57.7 cm³/mol. The molecule has 0 aliphatic rings. The lowest BCUT2D eigenvalue weighted by Crippen LogP contribution is -2.15. The Balaban J connectivity index is 3.23. The molecule has 0 atom stereocenters. The SMILES string of the molecule is Cc1cc(C(=O)CN)c(C)n1C(C)C. The number of aromatic nitrogens is 1. The maximum atomic E-state index is 11.5. The van der Waals surface area contributed by atoms with Gasteiger partial charge in [0.2, 0.25) is 0 Å². The van der Waals surface area contributed by atoms with E-state index in [1.807, 2.05) is 19.9 Å². The molecule has 0 aliphatic heterocycles. The molecule has 1 rings (SSSR count).